The molecule has 1 fully saturated rings. The molecule has 142 valence electrons. The lowest BCUT2D eigenvalue weighted by atomic mass is 9.97. The molecule has 0 aromatic heterocycles. The van der Waals surface area contributed by atoms with Gasteiger partial charge in [0.15, 0.2) is 0 Å². The Morgan fingerprint density at radius 1 is 1.46 bits per heavy atom. The SMILES string of the molecule is CCC(C)C1C(=O)Nc2ccc(F)cc2CN1C(=O)NC1CCN(C)C1. The van der Waals surface area contributed by atoms with Gasteiger partial charge in [-0.3, -0.25) is 4.79 Å². The number of fused-ring (bicyclic) bond motifs is 1. The van der Waals surface area contributed by atoms with Crippen LogP contribution in [0.5, 0.6) is 0 Å². The summed E-state index contributed by atoms with van der Waals surface area (Å²) in [5.41, 5.74) is 1.18. The molecule has 1 saturated heterocycles. The van der Waals surface area contributed by atoms with Gasteiger partial charge in [-0.05, 0) is 49.7 Å². The summed E-state index contributed by atoms with van der Waals surface area (Å²) in [4.78, 5) is 29.6. The van der Waals surface area contributed by atoms with Gasteiger partial charge < -0.3 is 20.4 Å². The molecule has 0 radical (unpaired) electrons. The van der Waals surface area contributed by atoms with E-state index < -0.39 is 6.04 Å². The molecule has 26 heavy (non-hydrogen) atoms. The molecular weight excluding hydrogens is 335 g/mol. The van der Waals surface area contributed by atoms with Crippen LogP contribution in [0, 0.1) is 11.7 Å². The van der Waals surface area contributed by atoms with E-state index >= 15 is 0 Å². The van der Waals surface area contributed by atoms with E-state index in [0.29, 0.717) is 11.3 Å². The first kappa shape index (κ1) is 18.6. The lowest BCUT2D eigenvalue weighted by molar-refractivity contribution is -0.121. The zero-order chi connectivity index (χ0) is 18.8. The van der Waals surface area contributed by atoms with Crippen LogP contribution in [-0.2, 0) is 11.3 Å². The maximum atomic E-state index is 13.7. The van der Waals surface area contributed by atoms with Gasteiger partial charge in [0.1, 0.15) is 11.9 Å². The fraction of sp³-hybridized carbons (Fsp3) is 0.579. The summed E-state index contributed by atoms with van der Waals surface area (Å²) >= 11 is 0. The number of urea groups is 1. The number of carbonyl (C=O) groups is 2. The molecule has 3 atom stereocenters. The molecule has 1 aromatic rings. The Morgan fingerprint density at radius 2 is 2.23 bits per heavy atom. The molecule has 1 aromatic carbocycles. The van der Waals surface area contributed by atoms with E-state index in [0.717, 1.165) is 25.9 Å². The topological polar surface area (TPSA) is 64.7 Å². The smallest absolute Gasteiger partial charge is 0.318 e. The number of hydrogen-bond donors (Lipinski definition) is 2. The van der Waals surface area contributed by atoms with E-state index in [2.05, 4.69) is 15.5 Å². The molecule has 0 aliphatic carbocycles. The van der Waals surface area contributed by atoms with E-state index in [1.807, 2.05) is 20.9 Å². The molecule has 3 unspecified atom stereocenters. The number of benzene rings is 1. The van der Waals surface area contributed by atoms with Crippen molar-refractivity contribution in [3.63, 3.8) is 0 Å². The highest BCUT2D eigenvalue weighted by Gasteiger charge is 2.37. The number of halogens is 1. The summed E-state index contributed by atoms with van der Waals surface area (Å²) in [5, 5.41) is 5.92. The van der Waals surface area contributed by atoms with Crippen LogP contribution < -0.4 is 10.6 Å². The molecule has 0 saturated carbocycles. The summed E-state index contributed by atoms with van der Waals surface area (Å²) in [6.45, 7) is 5.90. The number of amides is 3. The van der Waals surface area contributed by atoms with Crippen molar-refractivity contribution < 1.29 is 14.0 Å². The zero-order valence-electron chi connectivity index (χ0n) is 15.6. The normalized spacial score (nSPS) is 24.6. The largest absolute Gasteiger partial charge is 0.334 e. The number of hydrogen-bond acceptors (Lipinski definition) is 3. The van der Waals surface area contributed by atoms with E-state index in [1.54, 1.807) is 11.0 Å². The molecule has 2 aliphatic rings. The number of nitrogens with one attached hydrogen (secondary N) is 2. The molecule has 2 heterocycles. The van der Waals surface area contributed by atoms with Crippen LogP contribution in [0.2, 0.25) is 0 Å². The van der Waals surface area contributed by atoms with Gasteiger partial charge in [0, 0.05) is 18.3 Å². The minimum absolute atomic E-state index is 0.00818. The van der Waals surface area contributed by atoms with Crippen molar-refractivity contribution in [3.05, 3.63) is 29.6 Å². The second-order valence-corrected chi connectivity index (χ2v) is 7.45. The minimum Gasteiger partial charge on any atom is -0.334 e. The Bertz CT molecular complexity index is 696. The standard InChI is InChI=1S/C19H27FN4O2/c1-4-12(2)17-18(25)22-16-6-5-14(20)9-13(16)10-24(17)19(26)21-15-7-8-23(3)11-15/h5-6,9,12,15,17H,4,7-8,10-11H2,1-3H3,(H,21,26)(H,22,25). The third-order valence-corrected chi connectivity index (χ3v) is 5.43. The molecule has 3 rings (SSSR count). The second-order valence-electron chi connectivity index (χ2n) is 7.45. The molecule has 0 bridgehead atoms. The van der Waals surface area contributed by atoms with Crippen LogP contribution in [0.4, 0.5) is 14.9 Å². The quantitative estimate of drug-likeness (QED) is 0.868. The maximum absolute atomic E-state index is 13.7. The van der Waals surface area contributed by atoms with Crippen LogP contribution in [-0.4, -0.2) is 54.0 Å². The van der Waals surface area contributed by atoms with Crippen molar-refractivity contribution in [1.82, 2.24) is 15.1 Å². The third-order valence-electron chi connectivity index (χ3n) is 5.43. The first-order chi connectivity index (χ1) is 12.4. The third kappa shape index (κ3) is 3.82. The van der Waals surface area contributed by atoms with Gasteiger partial charge in [-0.1, -0.05) is 20.3 Å². The van der Waals surface area contributed by atoms with E-state index in [1.165, 1.54) is 12.1 Å². The Hall–Kier alpha value is -2.15. The van der Waals surface area contributed by atoms with Gasteiger partial charge in [0.25, 0.3) is 0 Å². The van der Waals surface area contributed by atoms with Gasteiger partial charge >= 0.3 is 6.03 Å². The van der Waals surface area contributed by atoms with Gasteiger partial charge in [-0.15, -0.1) is 0 Å². The highest BCUT2D eigenvalue weighted by atomic mass is 19.1. The predicted octanol–water partition coefficient (Wildman–Crippen LogP) is 2.41. The number of likely N-dealkylation sites (N-methyl/N-ethyl adjacent to an activating group) is 1. The van der Waals surface area contributed by atoms with E-state index in [9.17, 15) is 14.0 Å². The number of carbonyl (C=O) groups excluding carboxylic acids is 2. The lowest BCUT2D eigenvalue weighted by Crippen LogP contribution is -2.54. The molecule has 6 nitrogen and oxygen atoms in total. The van der Waals surface area contributed by atoms with Crippen LogP contribution in [0.15, 0.2) is 18.2 Å². The zero-order valence-corrected chi connectivity index (χ0v) is 15.6. The van der Waals surface area contributed by atoms with Crippen LogP contribution >= 0.6 is 0 Å². The second kappa shape index (κ2) is 7.61. The number of rotatable bonds is 3. The minimum atomic E-state index is -0.588. The van der Waals surface area contributed by atoms with Gasteiger partial charge in [0.2, 0.25) is 5.91 Å². The van der Waals surface area contributed by atoms with Gasteiger partial charge in [-0.2, -0.15) is 0 Å². The van der Waals surface area contributed by atoms with Crippen LogP contribution in [0.25, 0.3) is 0 Å². The van der Waals surface area contributed by atoms with Crippen LogP contribution in [0.3, 0.4) is 0 Å². The summed E-state index contributed by atoms with van der Waals surface area (Å²) in [7, 11) is 2.02. The molecule has 2 N–H and O–H groups in total. The van der Waals surface area contributed by atoms with Crippen molar-refractivity contribution in [2.45, 2.75) is 45.3 Å². The fourth-order valence-corrected chi connectivity index (χ4v) is 3.74. The van der Waals surface area contributed by atoms with Gasteiger partial charge in [0.05, 0.1) is 6.54 Å². The van der Waals surface area contributed by atoms with Crippen molar-refractivity contribution in [2.24, 2.45) is 5.92 Å². The predicted molar refractivity (Wildman–Crippen MR) is 98.2 cm³/mol. The molecule has 3 amide bonds. The van der Waals surface area contributed by atoms with E-state index in [4.69, 9.17) is 0 Å². The van der Waals surface area contributed by atoms with Gasteiger partial charge in [-0.25, -0.2) is 9.18 Å². The van der Waals surface area contributed by atoms with Crippen molar-refractivity contribution >= 4 is 17.6 Å². The highest BCUT2D eigenvalue weighted by molar-refractivity contribution is 5.98. The Balaban J connectivity index is 1.88. The fourth-order valence-electron chi connectivity index (χ4n) is 3.74. The van der Waals surface area contributed by atoms with E-state index in [-0.39, 0.29) is 36.3 Å². The molecule has 7 heteroatoms. The van der Waals surface area contributed by atoms with Crippen molar-refractivity contribution in [3.8, 4) is 0 Å². The highest BCUT2D eigenvalue weighted by Crippen LogP contribution is 2.28. The Morgan fingerprint density at radius 3 is 2.88 bits per heavy atom. The first-order valence-electron chi connectivity index (χ1n) is 9.24. The van der Waals surface area contributed by atoms with Crippen LogP contribution in [0.1, 0.15) is 32.3 Å². The maximum Gasteiger partial charge on any atom is 0.318 e. The molecule has 2 aliphatic heterocycles. The monoisotopic (exact) mass is 362 g/mol. The summed E-state index contributed by atoms with van der Waals surface area (Å²) < 4.78 is 13.7. The Kier molecular flexibility index (Phi) is 5.46. The summed E-state index contributed by atoms with van der Waals surface area (Å²) in [5.74, 6) is -0.604. The summed E-state index contributed by atoms with van der Waals surface area (Å²) in [6, 6.07) is 3.49. The first-order valence-corrected chi connectivity index (χ1v) is 9.24. The summed E-state index contributed by atoms with van der Waals surface area (Å²) in [6.07, 6.45) is 1.65. The molecule has 0 spiro atoms. The van der Waals surface area contributed by atoms with Crippen molar-refractivity contribution in [1.29, 1.82) is 0 Å². The average Bonchev–Trinajstić information content (AvgIpc) is 2.93. The van der Waals surface area contributed by atoms with Crippen molar-refractivity contribution in [2.75, 3.05) is 25.5 Å². The average molecular weight is 362 g/mol. The number of likely N-dealkylation sites (tertiary alicyclic amines) is 1. The Labute approximate surface area is 153 Å². The lowest BCUT2D eigenvalue weighted by Gasteiger charge is -2.33. The molecular formula is C19H27FN4O2. The number of anilines is 1. The number of nitrogens with zero attached hydrogens (tertiary/aromatic N) is 2.